The average molecular weight is 308 g/mol. The first-order chi connectivity index (χ1) is 10.1. The van der Waals surface area contributed by atoms with Crippen molar-refractivity contribution >= 4 is 11.6 Å². The van der Waals surface area contributed by atoms with E-state index >= 15 is 0 Å². The molecule has 0 aromatic heterocycles. The molecule has 0 amide bonds. The van der Waals surface area contributed by atoms with Crippen LogP contribution in [0.5, 0.6) is 5.75 Å². The Morgan fingerprint density at radius 2 is 2.05 bits per heavy atom. The first-order valence-electron chi connectivity index (χ1n) is 6.81. The number of halogens is 2. The molecule has 0 spiro atoms. The van der Waals surface area contributed by atoms with E-state index in [9.17, 15) is 4.39 Å². The Morgan fingerprint density at radius 3 is 2.67 bits per heavy atom. The second kappa shape index (κ2) is 6.92. The predicted molar refractivity (Wildman–Crippen MR) is 84.6 cm³/mol. The molecule has 2 nitrogen and oxygen atoms in total. The molecule has 1 atom stereocenters. The van der Waals surface area contributed by atoms with Crippen LogP contribution in [-0.2, 0) is 6.42 Å². The van der Waals surface area contributed by atoms with Gasteiger partial charge in [-0.1, -0.05) is 29.8 Å². The van der Waals surface area contributed by atoms with Crippen molar-refractivity contribution in [3.63, 3.8) is 0 Å². The van der Waals surface area contributed by atoms with Gasteiger partial charge in [0.25, 0.3) is 0 Å². The molecule has 0 heterocycles. The summed E-state index contributed by atoms with van der Waals surface area (Å²) < 4.78 is 19.3. The first-order valence-corrected chi connectivity index (χ1v) is 7.19. The fourth-order valence-electron chi connectivity index (χ4n) is 2.46. The number of methoxy groups -OCH3 is 1. The second-order valence-corrected chi connectivity index (χ2v) is 5.39. The van der Waals surface area contributed by atoms with Crippen LogP contribution in [0.4, 0.5) is 4.39 Å². The van der Waals surface area contributed by atoms with Crippen molar-refractivity contribution in [1.29, 1.82) is 0 Å². The molecule has 0 aliphatic heterocycles. The van der Waals surface area contributed by atoms with E-state index in [0.717, 1.165) is 16.9 Å². The molecule has 0 radical (unpaired) electrons. The summed E-state index contributed by atoms with van der Waals surface area (Å²) in [4.78, 5) is 0. The summed E-state index contributed by atoms with van der Waals surface area (Å²) in [7, 11) is 3.52. The summed E-state index contributed by atoms with van der Waals surface area (Å²) in [5, 5.41) is 3.40. The topological polar surface area (TPSA) is 21.3 Å². The van der Waals surface area contributed by atoms with Crippen molar-refractivity contribution in [3.05, 3.63) is 63.9 Å². The predicted octanol–water partition coefficient (Wildman–Crippen LogP) is 4.30. The number of rotatable bonds is 5. The van der Waals surface area contributed by atoms with Gasteiger partial charge in [0, 0.05) is 6.04 Å². The maximum Gasteiger partial charge on any atom is 0.145 e. The SMILES string of the molecule is CNC(Cc1cccc(Cl)c1F)c1ccc(OC)cc1C. The van der Waals surface area contributed by atoms with E-state index in [1.807, 2.05) is 32.2 Å². The molecule has 0 fully saturated rings. The van der Waals surface area contributed by atoms with Crippen molar-refractivity contribution in [2.24, 2.45) is 0 Å². The fourth-order valence-corrected chi connectivity index (χ4v) is 2.65. The highest BCUT2D eigenvalue weighted by molar-refractivity contribution is 6.30. The van der Waals surface area contributed by atoms with Crippen LogP contribution < -0.4 is 10.1 Å². The minimum absolute atomic E-state index is 0.0175. The van der Waals surface area contributed by atoms with Crippen molar-refractivity contribution in [2.75, 3.05) is 14.2 Å². The smallest absolute Gasteiger partial charge is 0.145 e. The van der Waals surface area contributed by atoms with Crippen LogP contribution in [0.15, 0.2) is 36.4 Å². The van der Waals surface area contributed by atoms with Crippen molar-refractivity contribution in [3.8, 4) is 5.75 Å². The number of hydrogen-bond donors (Lipinski definition) is 1. The lowest BCUT2D eigenvalue weighted by Crippen LogP contribution is -2.20. The molecular weight excluding hydrogens is 289 g/mol. The second-order valence-electron chi connectivity index (χ2n) is 4.98. The normalized spacial score (nSPS) is 12.2. The Hall–Kier alpha value is -1.58. The van der Waals surface area contributed by atoms with Gasteiger partial charge in [-0.15, -0.1) is 0 Å². The third-order valence-corrected chi connectivity index (χ3v) is 3.95. The average Bonchev–Trinajstić information content (AvgIpc) is 2.49. The molecule has 0 aliphatic carbocycles. The van der Waals surface area contributed by atoms with Gasteiger partial charge in [-0.25, -0.2) is 4.39 Å². The van der Waals surface area contributed by atoms with Gasteiger partial charge in [-0.2, -0.15) is 0 Å². The molecule has 2 aromatic carbocycles. The Kier molecular flexibility index (Phi) is 5.21. The van der Waals surface area contributed by atoms with Gasteiger partial charge in [0.1, 0.15) is 11.6 Å². The zero-order chi connectivity index (χ0) is 15.4. The van der Waals surface area contributed by atoms with E-state index in [4.69, 9.17) is 16.3 Å². The van der Waals surface area contributed by atoms with Gasteiger partial charge in [0.05, 0.1) is 12.1 Å². The molecule has 0 saturated heterocycles. The van der Waals surface area contributed by atoms with Crippen molar-refractivity contribution in [2.45, 2.75) is 19.4 Å². The first kappa shape index (κ1) is 15.8. The van der Waals surface area contributed by atoms with E-state index < -0.39 is 0 Å². The number of likely N-dealkylation sites (N-methyl/N-ethyl adjacent to an activating group) is 1. The van der Waals surface area contributed by atoms with E-state index in [2.05, 4.69) is 5.32 Å². The molecular formula is C17H19ClFNO. The fraction of sp³-hybridized carbons (Fsp3) is 0.294. The molecule has 1 unspecified atom stereocenters. The summed E-state index contributed by atoms with van der Waals surface area (Å²) in [6.07, 6.45) is 0.538. The summed E-state index contributed by atoms with van der Waals surface area (Å²) in [5.74, 6) is 0.477. The molecule has 2 aromatic rings. The Morgan fingerprint density at radius 1 is 1.29 bits per heavy atom. The summed E-state index contributed by atoms with van der Waals surface area (Å²) in [6.45, 7) is 2.02. The Balaban J connectivity index is 2.30. The van der Waals surface area contributed by atoms with Gasteiger partial charge < -0.3 is 10.1 Å². The molecule has 0 saturated carbocycles. The number of hydrogen-bond acceptors (Lipinski definition) is 2. The third-order valence-electron chi connectivity index (χ3n) is 3.66. The van der Waals surface area contributed by atoms with Gasteiger partial charge in [-0.3, -0.25) is 0 Å². The highest BCUT2D eigenvalue weighted by Gasteiger charge is 2.16. The number of aryl methyl sites for hydroxylation is 1. The lowest BCUT2D eigenvalue weighted by Gasteiger charge is -2.20. The van der Waals surface area contributed by atoms with Crippen LogP contribution in [0, 0.1) is 12.7 Å². The van der Waals surface area contributed by atoms with Crippen LogP contribution in [0.2, 0.25) is 5.02 Å². The minimum Gasteiger partial charge on any atom is -0.497 e. The minimum atomic E-state index is -0.342. The van der Waals surface area contributed by atoms with Crippen LogP contribution in [0.1, 0.15) is 22.7 Å². The standard InChI is InChI=1S/C17H19ClFNO/c1-11-9-13(21-3)7-8-14(11)16(20-2)10-12-5-4-6-15(18)17(12)19/h4-9,16,20H,10H2,1-3H3. The Labute approximate surface area is 129 Å². The highest BCUT2D eigenvalue weighted by atomic mass is 35.5. The number of benzene rings is 2. The zero-order valence-corrected chi connectivity index (χ0v) is 13.2. The summed E-state index contributed by atoms with van der Waals surface area (Å²) >= 11 is 5.85. The number of nitrogens with one attached hydrogen (secondary N) is 1. The van der Waals surface area contributed by atoms with Gasteiger partial charge in [0.15, 0.2) is 0 Å². The molecule has 21 heavy (non-hydrogen) atoms. The summed E-state index contributed by atoms with van der Waals surface area (Å²) in [5.41, 5.74) is 2.84. The van der Waals surface area contributed by atoms with E-state index in [1.165, 1.54) is 0 Å². The van der Waals surface area contributed by atoms with E-state index in [1.54, 1.807) is 25.3 Å². The molecule has 4 heteroatoms. The van der Waals surface area contributed by atoms with E-state index in [0.29, 0.717) is 12.0 Å². The maximum atomic E-state index is 14.1. The molecule has 0 aliphatic rings. The lowest BCUT2D eigenvalue weighted by molar-refractivity contribution is 0.414. The van der Waals surface area contributed by atoms with Crippen LogP contribution in [-0.4, -0.2) is 14.2 Å². The molecule has 112 valence electrons. The van der Waals surface area contributed by atoms with E-state index in [-0.39, 0.29) is 16.9 Å². The largest absolute Gasteiger partial charge is 0.497 e. The zero-order valence-electron chi connectivity index (χ0n) is 12.4. The lowest BCUT2D eigenvalue weighted by atomic mass is 9.95. The molecule has 0 bridgehead atoms. The third kappa shape index (κ3) is 3.55. The monoisotopic (exact) mass is 307 g/mol. The van der Waals surface area contributed by atoms with Crippen molar-refractivity contribution in [1.82, 2.24) is 5.32 Å². The van der Waals surface area contributed by atoms with Crippen LogP contribution in [0.25, 0.3) is 0 Å². The van der Waals surface area contributed by atoms with Gasteiger partial charge >= 0.3 is 0 Å². The molecule has 1 N–H and O–H groups in total. The summed E-state index contributed by atoms with van der Waals surface area (Å²) in [6, 6.07) is 11.0. The number of ether oxygens (including phenoxy) is 1. The maximum absolute atomic E-state index is 14.1. The Bertz CT molecular complexity index is 630. The van der Waals surface area contributed by atoms with Crippen molar-refractivity contribution < 1.29 is 9.13 Å². The molecule has 2 rings (SSSR count). The van der Waals surface area contributed by atoms with Gasteiger partial charge in [0.2, 0.25) is 0 Å². The van der Waals surface area contributed by atoms with Crippen LogP contribution >= 0.6 is 11.6 Å². The quantitative estimate of drug-likeness (QED) is 0.889. The van der Waals surface area contributed by atoms with Gasteiger partial charge in [-0.05, 0) is 55.3 Å². The van der Waals surface area contributed by atoms with Crippen LogP contribution in [0.3, 0.4) is 0 Å². The highest BCUT2D eigenvalue weighted by Crippen LogP contribution is 2.27.